The second kappa shape index (κ2) is 6.72. The molecule has 1 N–H and O–H groups in total. The molecule has 0 aromatic carbocycles. The van der Waals surface area contributed by atoms with Gasteiger partial charge in [-0.2, -0.15) is 15.0 Å². The zero-order valence-corrected chi connectivity index (χ0v) is 13.0. The number of nitrogens with zero attached hydrogens (tertiary/aromatic N) is 5. The van der Waals surface area contributed by atoms with Gasteiger partial charge < -0.3 is 19.9 Å². The topological polar surface area (TPSA) is 66.4 Å². The van der Waals surface area contributed by atoms with Gasteiger partial charge in [0.05, 0.1) is 13.2 Å². The molecule has 0 spiro atoms. The number of hydrogen-bond donors (Lipinski definition) is 1. The predicted molar refractivity (Wildman–Crippen MR) is 82.0 cm³/mol. The number of ether oxygens (including phenoxy) is 1. The highest BCUT2D eigenvalue weighted by atomic mass is 35.5. The molecule has 116 valence electrons. The lowest BCUT2D eigenvalue weighted by Gasteiger charge is -2.26. The first kappa shape index (κ1) is 14.7. The van der Waals surface area contributed by atoms with Crippen molar-refractivity contribution in [3.8, 4) is 0 Å². The van der Waals surface area contributed by atoms with E-state index in [1.807, 2.05) is 0 Å². The van der Waals surface area contributed by atoms with Crippen molar-refractivity contribution >= 4 is 23.5 Å². The first-order valence-corrected chi connectivity index (χ1v) is 7.78. The van der Waals surface area contributed by atoms with Crippen LogP contribution in [-0.2, 0) is 4.74 Å². The number of halogens is 1. The molecule has 2 heterocycles. The number of morpholine rings is 1. The van der Waals surface area contributed by atoms with E-state index in [-0.39, 0.29) is 5.28 Å². The third-order valence-electron chi connectivity index (χ3n) is 3.81. The smallest absolute Gasteiger partial charge is 0.231 e. The van der Waals surface area contributed by atoms with Gasteiger partial charge in [-0.05, 0) is 31.5 Å². The number of rotatable bonds is 6. The summed E-state index contributed by atoms with van der Waals surface area (Å²) in [5, 5.41) is 3.46. The van der Waals surface area contributed by atoms with Crippen LogP contribution in [0.25, 0.3) is 0 Å². The van der Waals surface area contributed by atoms with E-state index in [1.165, 1.54) is 12.8 Å². The van der Waals surface area contributed by atoms with Crippen molar-refractivity contribution in [1.29, 1.82) is 0 Å². The van der Waals surface area contributed by atoms with E-state index < -0.39 is 0 Å². The van der Waals surface area contributed by atoms with Crippen LogP contribution in [0.2, 0.25) is 5.28 Å². The monoisotopic (exact) mass is 312 g/mol. The fourth-order valence-electron chi connectivity index (χ4n) is 2.37. The van der Waals surface area contributed by atoms with Crippen LogP contribution in [0.3, 0.4) is 0 Å². The first-order valence-electron chi connectivity index (χ1n) is 7.41. The Morgan fingerprint density at radius 3 is 2.76 bits per heavy atom. The van der Waals surface area contributed by atoms with Gasteiger partial charge in [-0.25, -0.2) is 0 Å². The van der Waals surface area contributed by atoms with Crippen LogP contribution in [0.15, 0.2) is 0 Å². The Bertz CT molecular complexity index is 478. The largest absolute Gasteiger partial charge is 0.378 e. The van der Waals surface area contributed by atoms with Crippen molar-refractivity contribution in [2.45, 2.75) is 18.9 Å². The van der Waals surface area contributed by atoms with E-state index in [1.54, 1.807) is 0 Å². The maximum Gasteiger partial charge on any atom is 0.231 e. The number of likely N-dealkylation sites (N-methyl/N-ethyl adjacent to an activating group) is 1. The van der Waals surface area contributed by atoms with E-state index >= 15 is 0 Å². The van der Waals surface area contributed by atoms with Gasteiger partial charge in [0.15, 0.2) is 0 Å². The zero-order chi connectivity index (χ0) is 14.7. The van der Waals surface area contributed by atoms with E-state index in [0.29, 0.717) is 25.1 Å². The van der Waals surface area contributed by atoms with Crippen LogP contribution in [0.1, 0.15) is 12.8 Å². The highest BCUT2D eigenvalue weighted by molar-refractivity contribution is 6.28. The highest BCUT2D eigenvalue weighted by Gasteiger charge is 2.25. The zero-order valence-electron chi connectivity index (χ0n) is 12.3. The van der Waals surface area contributed by atoms with Crippen molar-refractivity contribution < 1.29 is 4.74 Å². The van der Waals surface area contributed by atoms with Crippen LogP contribution in [0.4, 0.5) is 11.9 Å². The molecule has 1 saturated heterocycles. The predicted octanol–water partition coefficient (Wildman–Crippen LogP) is 0.868. The van der Waals surface area contributed by atoms with Gasteiger partial charge in [-0.1, -0.05) is 0 Å². The summed E-state index contributed by atoms with van der Waals surface area (Å²) in [6, 6.07) is 0.762. The molecule has 8 heteroatoms. The number of anilines is 2. The first-order chi connectivity index (χ1) is 10.2. The summed E-state index contributed by atoms with van der Waals surface area (Å²) in [7, 11) is 2.15. The van der Waals surface area contributed by atoms with Crippen LogP contribution in [0.5, 0.6) is 0 Å². The molecular formula is C13H21ClN6O. The van der Waals surface area contributed by atoms with Gasteiger partial charge in [0.2, 0.25) is 17.2 Å². The van der Waals surface area contributed by atoms with Crippen LogP contribution in [-0.4, -0.2) is 72.3 Å². The van der Waals surface area contributed by atoms with E-state index in [2.05, 4.69) is 37.1 Å². The molecule has 1 aliphatic carbocycles. The summed E-state index contributed by atoms with van der Waals surface area (Å²) < 4.78 is 5.33. The van der Waals surface area contributed by atoms with Gasteiger partial charge in [0.1, 0.15) is 0 Å². The van der Waals surface area contributed by atoms with Crippen LogP contribution in [0, 0.1) is 0 Å². The lowest BCUT2D eigenvalue weighted by Crippen LogP contribution is -2.37. The molecule has 3 rings (SSSR count). The minimum atomic E-state index is 0.226. The Morgan fingerprint density at radius 2 is 2.05 bits per heavy atom. The molecule has 7 nitrogen and oxygen atoms in total. The molecule has 0 atom stereocenters. The fourth-order valence-corrected chi connectivity index (χ4v) is 2.52. The molecule has 1 aromatic rings. The van der Waals surface area contributed by atoms with Crippen molar-refractivity contribution in [2.24, 2.45) is 0 Å². The van der Waals surface area contributed by atoms with Crippen LogP contribution < -0.4 is 10.2 Å². The standard InChI is InChI=1S/C13H21ClN6O/c1-19(10-2-3-10)5-4-15-12-16-11(14)17-13(18-12)20-6-8-21-9-7-20/h10H,2-9H2,1H3,(H,15,16,17,18). The quantitative estimate of drug-likeness (QED) is 0.836. The van der Waals surface area contributed by atoms with Gasteiger partial charge in [-0.15, -0.1) is 0 Å². The summed E-state index contributed by atoms with van der Waals surface area (Å²) in [4.78, 5) is 17.2. The number of nitrogens with one attached hydrogen (secondary N) is 1. The molecule has 1 aromatic heterocycles. The summed E-state index contributed by atoms with van der Waals surface area (Å²) in [5.41, 5.74) is 0. The molecule has 1 saturated carbocycles. The van der Waals surface area contributed by atoms with Gasteiger partial charge in [0, 0.05) is 32.2 Å². The maximum atomic E-state index is 6.00. The molecule has 0 unspecified atom stereocenters. The summed E-state index contributed by atoms with van der Waals surface area (Å²) in [5.74, 6) is 1.16. The number of aromatic nitrogens is 3. The maximum absolute atomic E-state index is 6.00. The average Bonchev–Trinajstić information content (AvgIpc) is 3.32. The molecule has 0 bridgehead atoms. The molecule has 21 heavy (non-hydrogen) atoms. The average molecular weight is 313 g/mol. The van der Waals surface area contributed by atoms with Crippen LogP contribution >= 0.6 is 11.6 Å². The minimum Gasteiger partial charge on any atom is -0.378 e. The molecule has 0 amide bonds. The van der Waals surface area contributed by atoms with Crippen molar-refractivity contribution in [1.82, 2.24) is 19.9 Å². The highest BCUT2D eigenvalue weighted by Crippen LogP contribution is 2.24. The van der Waals surface area contributed by atoms with Crippen molar-refractivity contribution in [3.63, 3.8) is 0 Å². The molecule has 0 radical (unpaired) electrons. The summed E-state index contributed by atoms with van der Waals surface area (Å²) >= 11 is 6.00. The van der Waals surface area contributed by atoms with Gasteiger partial charge in [0.25, 0.3) is 0 Å². The van der Waals surface area contributed by atoms with Gasteiger partial charge >= 0.3 is 0 Å². The van der Waals surface area contributed by atoms with E-state index in [0.717, 1.165) is 32.2 Å². The van der Waals surface area contributed by atoms with E-state index in [4.69, 9.17) is 16.3 Å². The normalized spacial score (nSPS) is 19.1. The van der Waals surface area contributed by atoms with E-state index in [9.17, 15) is 0 Å². The Kier molecular flexibility index (Phi) is 4.72. The number of hydrogen-bond acceptors (Lipinski definition) is 7. The van der Waals surface area contributed by atoms with Crippen molar-refractivity contribution in [3.05, 3.63) is 5.28 Å². The SMILES string of the molecule is CN(CCNc1nc(Cl)nc(N2CCOCC2)n1)C1CC1. The second-order valence-electron chi connectivity index (χ2n) is 5.47. The van der Waals surface area contributed by atoms with Gasteiger partial charge in [-0.3, -0.25) is 0 Å². The summed E-state index contributed by atoms with van der Waals surface area (Å²) in [6.45, 7) is 4.72. The lowest BCUT2D eigenvalue weighted by molar-refractivity contribution is 0.122. The Labute approximate surface area is 129 Å². The Morgan fingerprint density at radius 1 is 1.29 bits per heavy atom. The Balaban J connectivity index is 1.57. The fraction of sp³-hybridized carbons (Fsp3) is 0.769. The molecular weight excluding hydrogens is 292 g/mol. The molecule has 2 aliphatic rings. The third kappa shape index (κ3) is 4.15. The van der Waals surface area contributed by atoms with Crippen molar-refractivity contribution in [2.75, 3.05) is 56.7 Å². The third-order valence-corrected chi connectivity index (χ3v) is 3.98. The molecule has 2 fully saturated rings. The summed E-state index contributed by atoms with van der Waals surface area (Å²) in [6.07, 6.45) is 2.63. The minimum absolute atomic E-state index is 0.226. The second-order valence-corrected chi connectivity index (χ2v) is 5.80. The lowest BCUT2D eigenvalue weighted by atomic mass is 10.4. The Hall–Kier alpha value is -1.18. The molecule has 1 aliphatic heterocycles.